The number of hydrogen-bond donors (Lipinski definition) is 2. The number of methoxy groups -OCH3 is 1. The van der Waals surface area contributed by atoms with Gasteiger partial charge in [0.1, 0.15) is 16.9 Å². The van der Waals surface area contributed by atoms with Crippen molar-refractivity contribution in [3.05, 3.63) is 42.0 Å². The minimum absolute atomic E-state index is 0.279. The molecule has 0 saturated carbocycles. The molecule has 2 atom stereocenters. The van der Waals surface area contributed by atoms with Crippen molar-refractivity contribution >= 4 is 39.5 Å². The summed E-state index contributed by atoms with van der Waals surface area (Å²) in [4.78, 5) is 33.2. The highest BCUT2D eigenvalue weighted by molar-refractivity contribution is 6.13. The van der Waals surface area contributed by atoms with E-state index >= 15 is 0 Å². The minimum Gasteiger partial charge on any atom is -0.479 e. The van der Waals surface area contributed by atoms with Crippen LogP contribution in [0.4, 0.5) is 11.5 Å². The van der Waals surface area contributed by atoms with Crippen LogP contribution in [0.25, 0.3) is 22.1 Å². The predicted molar refractivity (Wildman–Crippen MR) is 125 cm³/mol. The molecule has 1 amide bonds. The van der Waals surface area contributed by atoms with Gasteiger partial charge < -0.3 is 24.7 Å². The summed E-state index contributed by atoms with van der Waals surface area (Å²) in [5.74, 6) is 0.717. The molecule has 1 aliphatic rings. The Balaban J connectivity index is 1.50. The molecule has 1 fully saturated rings. The van der Waals surface area contributed by atoms with Crippen LogP contribution in [-0.4, -0.2) is 58.1 Å². The van der Waals surface area contributed by atoms with Crippen LogP contribution >= 0.6 is 0 Å². The second-order valence-electron chi connectivity index (χ2n) is 8.31. The maximum atomic E-state index is 13.2. The van der Waals surface area contributed by atoms with Gasteiger partial charge in [-0.1, -0.05) is 0 Å². The normalized spacial score (nSPS) is 18.6. The number of rotatable bonds is 4. The van der Waals surface area contributed by atoms with E-state index in [4.69, 9.17) is 9.15 Å². The van der Waals surface area contributed by atoms with Crippen LogP contribution < -0.4 is 20.3 Å². The highest BCUT2D eigenvalue weighted by Gasteiger charge is 2.25. The molecule has 10 nitrogen and oxygen atoms in total. The third-order valence-electron chi connectivity index (χ3n) is 5.63. The van der Waals surface area contributed by atoms with Gasteiger partial charge in [0.25, 0.3) is 5.91 Å². The first-order valence-electron chi connectivity index (χ1n) is 10.8. The van der Waals surface area contributed by atoms with Crippen molar-refractivity contribution in [3.63, 3.8) is 0 Å². The molecule has 0 radical (unpaired) electrons. The van der Waals surface area contributed by atoms with E-state index in [0.29, 0.717) is 51.5 Å². The van der Waals surface area contributed by atoms with E-state index in [2.05, 4.69) is 49.3 Å². The average Bonchev–Trinajstić information content (AvgIpc) is 3.17. The van der Waals surface area contributed by atoms with Crippen molar-refractivity contribution < 1.29 is 13.9 Å². The molecule has 1 aromatic carbocycles. The van der Waals surface area contributed by atoms with Crippen LogP contribution in [0.15, 0.2) is 35.0 Å². The second kappa shape index (κ2) is 8.28. The molecular weight excluding hydrogens is 422 g/mol. The molecule has 0 bridgehead atoms. The van der Waals surface area contributed by atoms with E-state index in [-0.39, 0.29) is 11.8 Å². The molecule has 0 spiro atoms. The number of piperazine rings is 1. The zero-order valence-electron chi connectivity index (χ0n) is 18.9. The zero-order chi connectivity index (χ0) is 23.1. The Kier molecular flexibility index (Phi) is 5.29. The molecule has 10 heteroatoms. The third-order valence-corrected chi connectivity index (χ3v) is 5.63. The standard InChI is InChI=1S/C23H25N7O3/c1-12-10-30(11-13(2)26-12)16-6-5-15(19-20(16)25-8-7-24-19)22(31)28-18-9-17-21(23(29-18)32-4)27-14(3)33-17/h5-9,12-13,26H,10-11H2,1-4H3,(H,28,29,31). The van der Waals surface area contributed by atoms with Gasteiger partial charge in [-0.25, -0.2) is 4.98 Å². The quantitative estimate of drug-likeness (QED) is 0.487. The minimum atomic E-state index is -0.348. The molecular formula is C23H25N7O3. The van der Waals surface area contributed by atoms with E-state index in [9.17, 15) is 4.79 Å². The van der Waals surface area contributed by atoms with Crippen molar-refractivity contribution in [1.82, 2.24) is 25.3 Å². The number of fused-ring (bicyclic) bond motifs is 2. The predicted octanol–water partition coefficient (Wildman–Crippen LogP) is 2.92. The maximum absolute atomic E-state index is 13.2. The molecule has 1 saturated heterocycles. The van der Waals surface area contributed by atoms with Gasteiger partial charge >= 0.3 is 0 Å². The molecule has 170 valence electrons. The highest BCUT2D eigenvalue weighted by atomic mass is 16.5. The topological polar surface area (TPSA) is 118 Å². The van der Waals surface area contributed by atoms with E-state index < -0.39 is 0 Å². The molecule has 2 N–H and O–H groups in total. The Morgan fingerprint density at radius 1 is 1.12 bits per heavy atom. The summed E-state index contributed by atoms with van der Waals surface area (Å²) >= 11 is 0. The van der Waals surface area contributed by atoms with Crippen molar-refractivity contribution in [2.75, 3.05) is 30.4 Å². The number of oxazole rings is 1. The molecule has 2 unspecified atom stereocenters. The summed E-state index contributed by atoms with van der Waals surface area (Å²) in [7, 11) is 1.50. The van der Waals surface area contributed by atoms with Gasteiger partial charge in [-0.15, -0.1) is 0 Å². The van der Waals surface area contributed by atoms with Crippen LogP contribution in [0, 0.1) is 6.92 Å². The number of amides is 1. The van der Waals surface area contributed by atoms with Gasteiger partial charge in [0, 0.05) is 50.6 Å². The molecule has 33 heavy (non-hydrogen) atoms. The molecule has 3 aromatic heterocycles. The number of aromatic nitrogens is 4. The van der Waals surface area contributed by atoms with Gasteiger partial charge in [0.05, 0.1) is 18.4 Å². The van der Waals surface area contributed by atoms with Gasteiger partial charge in [-0.05, 0) is 26.0 Å². The van der Waals surface area contributed by atoms with Gasteiger partial charge in [-0.3, -0.25) is 14.8 Å². The lowest BCUT2D eigenvalue weighted by Crippen LogP contribution is -2.54. The number of carbonyl (C=O) groups excluding carboxylic acids is 1. The van der Waals surface area contributed by atoms with E-state index in [1.54, 1.807) is 31.5 Å². The summed E-state index contributed by atoms with van der Waals surface area (Å²) in [5.41, 5.74) is 3.60. The summed E-state index contributed by atoms with van der Waals surface area (Å²) in [6.45, 7) is 7.76. The number of hydrogen-bond acceptors (Lipinski definition) is 9. The van der Waals surface area contributed by atoms with Gasteiger partial charge in [0.2, 0.25) is 5.88 Å². The summed E-state index contributed by atoms with van der Waals surface area (Å²) in [5, 5.41) is 6.37. The van der Waals surface area contributed by atoms with Crippen molar-refractivity contribution in [2.45, 2.75) is 32.9 Å². The fourth-order valence-corrected chi connectivity index (χ4v) is 4.41. The van der Waals surface area contributed by atoms with Crippen LogP contribution in [0.1, 0.15) is 30.1 Å². The molecule has 0 aliphatic carbocycles. The van der Waals surface area contributed by atoms with Gasteiger partial charge in [0.15, 0.2) is 17.0 Å². The number of carbonyl (C=O) groups is 1. The molecule has 4 heterocycles. The molecule has 4 aromatic rings. The zero-order valence-corrected chi connectivity index (χ0v) is 18.9. The Bertz CT molecular complexity index is 1340. The molecule has 1 aliphatic heterocycles. The number of benzene rings is 1. The summed E-state index contributed by atoms with van der Waals surface area (Å²) in [6.07, 6.45) is 3.24. The van der Waals surface area contributed by atoms with Crippen molar-refractivity contribution in [3.8, 4) is 5.88 Å². The third kappa shape index (κ3) is 3.93. The van der Waals surface area contributed by atoms with E-state index in [1.165, 1.54) is 7.11 Å². The lowest BCUT2D eigenvalue weighted by Gasteiger charge is -2.38. The van der Waals surface area contributed by atoms with Crippen molar-refractivity contribution in [1.29, 1.82) is 0 Å². The number of aryl methyl sites for hydroxylation is 1. The monoisotopic (exact) mass is 447 g/mol. The maximum Gasteiger partial charge on any atom is 0.259 e. The number of nitrogens with one attached hydrogen (secondary N) is 2. The SMILES string of the molecule is COc1nc(NC(=O)c2ccc(N3CC(C)NC(C)C3)c3nccnc23)cc2oc(C)nc12. The molecule has 5 rings (SSSR count). The Hall–Kier alpha value is -3.79. The van der Waals surface area contributed by atoms with Crippen LogP contribution in [-0.2, 0) is 0 Å². The summed E-state index contributed by atoms with van der Waals surface area (Å²) in [6, 6.07) is 6.04. The first kappa shape index (κ1) is 21.1. The Morgan fingerprint density at radius 3 is 2.58 bits per heavy atom. The van der Waals surface area contributed by atoms with Crippen LogP contribution in [0.3, 0.4) is 0 Å². The largest absolute Gasteiger partial charge is 0.479 e. The lowest BCUT2D eigenvalue weighted by atomic mass is 10.1. The fourth-order valence-electron chi connectivity index (χ4n) is 4.41. The first-order valence-corrected chi connectivity index (χ1v) is 10.8. The number of ether oxygens (including phenoxy) is 1. The summed E-state index contributed by atoms with van der Waals surface area (Å²) < 4.78 is 10.9. The smallest absolute Gasteiger partial charge is 0.259 e. The first-order chi connectivity index (χ1) is 15.9. The van der Waals surface area contributed by atoms with Crippen LogP contribution in [0.5, 0.6) is 5.88 Å². The van der Waals surface area contributed by atoms with Gasteiger partial charge in [-0.2, -0.15) is 4.98 Å². The lowest BCUT2D eigenvalue weighted by molar-refractivity contribution is 0.102. The van der Waals surface area contributed by atoms with Crippen LogP contribution in [0.2, 0.25) is 0 Å². The van der Waals surface area contributed by atoms with E-state index in [0.717, 1.165) is 18.8 Å². The second-order valence-corrected chi connectivity index (χ2v) is 8.31. The number of pyridine rings is 1. The average molecular weight is 447 g/mol. The number of anilines is 2. The van der Waals surface area contributed by atoms with Crippen molar-refractivity contribution in [2.24, 2.45) is 0 Å². The Labute approximate surface area is 190 Å². The number of nitrogens with zero attached hydrogens (tertiary/aromatic N) is 5. The highest BCUT2D eigenvalue weighted by Crippen LogP contribution is 2.30. The van der Waals surface area contributed by atoms with E-state index in [1.807, 2.05) is 6.07 Å². The fraction of sp³-hybridized carbons (Fsp3) is 0.348. The Morgan fingerprint density at radius 2 is 1.85 bits per heavy atom.